The minimum absolute atomic E-state index is 0.00497. The van der Waals surface area contributed by atoms with Crippen molar-refractivity contribution in [1.29, 1.82) is 0 Å². The Morgan fingerprint density at radius 2 is 1.95 bits per heavy atom. The zero-order valence-corrected chi connectivity index (χ0v) is 24.7. The number of amides is 1. The predicted molar refractivity (Wildman–Crippen MR) is 152 cm³/mol. The topological polar surface area (TPSA) is 156 Å². The first-order valence-corrected chi connectivity index (χ1v) is 15.0. The van der Waals surface area contributed by atoms with E-state index in [4.69, 9.17) is 30.1 Å². The fourth-order valence-electron chi connectivity index (χ4n) is 4.13. The van der Waals surface area contributed by atoms with E-state index in [0.717, 1.165) is 5.56 Å². The number of hydrogen-bond acceptors (Lipinski definition) is 11. The Hall–Kier alpha value is -2.61. The number of nitrogens with zero attached hydrogens (tertiary/aromatic N) is 1. The van der Waals surface area contributed by atoms with Crippen molar-refractivity contribution in [3.63, 3.8) is 0 Å². The zero-order valence-electron chi connectivity index (χ0n) is 22.1. The molecule has 12 nitrogen and oxygen atoms in total. The van der Waals surface area contributed by atoms with Crippen molar-refractivity contribution in [1.82, 2.24) is 15.3 Å². The van der Waals surface area contributed by atoms with Crippen LogP contribution in [0.4, 0.5) is 0 Å². The standard InChI is InChI=1S/C26H31ClN3O9PS/c1-16(23(33)36-14-17-6-4-3-5-7-17)29-40(35,39-19-10-8-18(27)9-11-19)37-15-20-22(32)26(2,34)24(38-20)30-13-12-21(31)28-25(30)41/h3-13,16,20,22,24-25,32,34,41H,14-15H2,1-2H3,(H,28,31)(H,29,35)/t16-,20+,22-,24+,25?,26?,40?/m0/s1. The first kappa shape index (κ1) is 31.3. The van der Waals surface area contributed by atoms with Gasteiger partial charge in [0.05, 0.1) is 6.61 Å². The summed E-state index contributed by atoms with van der Waals surface area (Å²) in [6, 6.07) is 13.9. The number of carbonyl (C=O) groups excluding carboxylic acids is 2. The number of rotatable bonds is 11. The molecule has 0 spiro atoms. The molecule has 0 radical (unpaired) electrons. The average molecular weight is 628 g/mol. The molecular formula is C26H31ClN3O9PS. The molecular weight excluding hydrogens is 597 g/mol. The molecule has 1 fully saturated rings. The fourth-order valence-corrected chi connectivity index (χ4v) is 6.09. The molecule has 4 rings (SSSR count). The monoisotopic (exact) mass is 627 g/mol. The van der Waals surface area contributed by atoms with E-state index < -0.39 is 55.9 Å². The molecule has 3 unspecified atom stereocenters. The average Bonchev–Trinajstić information content (AvgIpc) is 3.16. The maximum Gasteiger partial charge on any atom is 0.459 e. The van der Waals surface area contributed by atoms with E-state index in [0.29, 0.717) is 5.02 Å². The third-order valence-corrected chi connectivity index (χ3v) is 8.65. The van der Waals surface area contributed by atoms with E-state index >= 15 is 0 Å². The van der Waals surface area contributed by atoms with Crippen LogP contribution in [0.1, 0.15) is 19.4 Å². The van der Waals surface area contributed by atoms with Gasteiger partial charge in [0.25, 0.3) is 0 Å². The molecule has 0 bridgehead atoms. The summed E-state index contributed by atoms with van der Waals surface area (Å²) < 4.78 is 36.3. The highest BCUT2D eigenvalue weighted by atomic mass is 35.5. The van der Waals surface area contributed by atoms with E-state index in [1.165, 1.54) is 55.3 Å². The summed E-state index contributed by atoms with van der Waals surface area (Å²) >= 11 is 10.2. The van der Waals surface area contributed by atoms with Gasteiger partial charge in [-0.3, -0.25) is 14.1 Å². The van der Waals surface area contributed by atoms with Crippen molar-refractivity contribution in [3.8, 4) is 5.75 Å². The van der Waals surface area contributed by atoms with Gasteiger partial charge < -0.3 is 34.4 Å². The zero-order chi connectivity index (χ0) is 29.8. The lowest BCUT2D eigenvalue weighted by Gasteiger charge is -2.39. The molecule has 1 saturated heterocycles. The number of aliphatic hydroxyl groups is 2. The summed E-state index contributed by atoms with van der Waals surface area (Å²) in [5.74, 6) is -0.974. The van der Waals surface area contributed by atoms with Crippen LogP contribution in [-0.2, 0) is 34.8 Å². The number of esters is 1. The van der Waals surface area contributed by atoms with Gasteiger partial charge in [-0.2, -0.15) is 5.09 Å². The van der Waals surface area contributed by atoms with Crippen LogP contribution in [0.15, 0.2) is 66.9 Å². The van der Waals surface area contributed by atoms with Gasteiger partial charge in [-0.25, -0.2) is 4.57 Å². The Balaban J connectivity index is 1.46. The Bertz CT molecular complexity index is 1300. The second-order valence-corrected chi connectivity index (χ2v) is 12.2. The first-order chi connectivity index (χ1) is 19.4. The van der Waals surface area contributed by atoms with Gasteiger partial charge in [-0.1, -0.05) is 41.9 Å². The normalized spacial score (nSPS) is 28.0. The van der Waals surface area contributed by atoms with Gasteiger partial charge in [-0.05, 0) is 43.7 Å². The molecule has 4 N–H and O–H groups in total. The highest BCUT2D eigenvalue weighted by Crippen LogP contribution is 2.46. The Morgan fingerprint density at radius 1 is 1.27 bits per heavy atom. The summed E-state index contributed by atoms with van der Waals surface area (Å²) in [7, 11) is -4.32. The van der Waals surface area contributed by atoms with Crippen LogP contribution in [0, 0.1) is 0 Å². The number of halogens is 1. The van der Waals surface area contributed by atoms with Gasteiger partial charge in [0, 0.05) is 17.3 Å². The highest BCUT2D eigenvalue weighted by molar-refractivity contribution is 7.80. The maximum absolute atomic E-state index is 13.9. The van der Waals surface area contributed by atoms with Gasteiger partial charge in [-0.15, -0.1) is 12.6 Å². The third kappa shape index (κ3) is 7.82. The number of nitrogens with one attached hydrogen (secondary N) is 2. The van der Waals surface area contributed by atoms with Crippen LogP contribution in [0.5, 0.6) is 5.75 Å². The summed E-state index contributed by atoms with van der Waals surface area (Å²) in [6.45, 7) is 2.27. The van der Waals surface area contributed by atoms with E-state index in [1.807, 2.05) is 18.2 Å². The van der Waals surface area contributed by atoms with E-state index in [2.05, 4.69) is 23.0 Å². The predicted octanol–water partition coefficient (Wildman–Crippen LogP) is 2.56. The number of benzene rings is 2. The van der Waals surface area contributed by atoms with Crippen LogP contribution in [-0.4, -0.2) is 69.2 Å². The summed E-state index contributed by atoms with van der Waals surface area (Å²) in [5.41, 5.74) is -1.92. The summed E-state index contributed by atoms with van der Waals surface area (Å²) in [5, 5.41) is 27.4. The van der Waals surface area contributed by atoms with Gasteiger partial charge in [0.1, 0.15) is 41.7 Å². The van der Waals surface area contributed by atoms with Crippen LogP contribution in [0.25, 0.3) is 0 Å². The van der Waals surface area contributed by atoms with Crippen LogP contribution < -0.4 is 14.9 Å². The molecule has 2 heterocycles. The molecule has 15 heteroatoms. The van der Waals surface area contributed by atoms with E-state index in [-0.39, 0.29) is 18.3 Å². The molecule has 0 aliphatic carbocycles. The minimum Gasteiger partial charge on any atom is -0.460 e. The second kappa shape index (κ2) is 13.1. The molecule has 2 aromatic carbocycles. The molecule has 2 aromatic rings. The SMILES string of the molecule is C[C@H](NP(=O)(OC[C@H]1O[C@@H](N2C=CC(=O)NC2S)C(C)(O)[C@H]1O)Oc1ccc(Cl)cc1)C(=O)OCc1ccccc1. The summed E-state index contributed by atoms with van der Waals surface area (Å²) in [6.07, 6.45) is -1.24. The lowest BCUT2D eigenvalue weighted by molar-refractivity contribution is -0.146. The second-order valence-electron chi connectivity index (χ2n) is 9.63. The molecule has 0 saturated carbocycles. The molecule has 2 aliphatic heterocycles. The molecule has 222 valence electrons. The van der Waals surface area contributed by atoms with Crippen LogP contribution in [0.2, 0.25) is 5.02 Å². The van der Waals surface area contributed by atoms with Crippen molar-refractivity contribution in [2.45, 2.75) is 56.0 Å². The number of carbonyl (C=O) groups is 2. The lowest BCUT2D eigenvalue weighted by Crippen LogP contribution is -2.57. The molecule has 1 amide bonds. The number of aliphatic hydroxyl groups excluding tert-OH is 1. The van der Waals surface area contributed by atoms with Crippen molar-refractivity contribution in [2.24, 2.45) is 0 Å². The fraction of sp³-hybridized carbons (Fsp3) is 0.385. The first-order valence-electron chi connectivity index (χ1n) is 12.6. The Labute approximate surface area is 247 Å². The number of hydrogen-bond donors (Lipinski definition) is 5. The van der Waals surface area contributed by atoms with E-state index in [1.54, 1.807) is 12.1 Å². The van der Waals surface area contributed by atoms with Crippen LogP contribution in [0.3, 0.4) is 0 Å². The smallest absolute Gasteiger partial charge is 0.459 e. The molecule has 2 aliphatic rings. The minimum atomic E-state index is -4.32. The van der Waals surface area contributed by atoms with Crippen molar-refractivity contribution >= 4 is 43.9 Å². The van der Waals surface area contributed by atoms with Crippen LogP contribution >= 0.6 is 32.0 Å². The molecule has 7 atom stereocenters. The van der Waals surface area contributed by atoms with Gasteiger partial charge in [0.15, 0.2) is 6.23 Å². The largest absolute Gasteiger partial charge is 0.460 e. The van der Waals surface area contributed by atoms with Crippen molar-refractivity contribution in [2.75, 3.05) is 6.61 Å². The quantitative estimate of drug-likeness (QED) is 0.142. The third-order valence-electron chi connectivity index (χ3n) is 6.35. The molecule has 0 aromatic heterocycles. The Morgan fingerprint density at radius 3 is 2.61 bits per heavy atom. The summed E-state index contributed by atoms with van der Waals surface area (Å²) in [4.78, 5) is 25.7. The van der Waals surface area contributed by atoms with Crippen molar-refractivity contribution in [3.05, 3.63) is 77.5 Å². The van der Waals surface area contributed by atoms with Crippen molar-refractivity contribution < 1.29 is 42.9 Å². The maximum atomic E-state index is 13.9. The highest BCUT2D eigenvalue weighted by Gasteiger charge is 2.55. The van der Waals surface area contributed by atoms with Gasteiger partial charge in [0.2, 0.25) is 5.91 Å². The number of ether oxygens (including phenoxy) is 2. The Kier molecular flexibility index (Phi) is 10.0. The lowest BCUT2D eigenvalue weighted by atomic mass is 9.96. The molecule has 41 heavy (non-hydrogen) atoms. The van der Waals surface area contributed by atoms with E-state index in [9.17, 15) is 24.4 Å². The van der Waals surface area contributed by atoms with Gasteiger partial charge >= 0.3 is 13.7 Å². The number of thiol groups is 1.